The number of fused-ring (bicyclic) bond motifs is 1. The standard InChI is InChI=1S/C15H16O7/c16-7-4-10(19)12-11(5-7)22-15(14(21)13(12)20)6-1-2-8(17)9(18)3-6/h1-3,7,10-12,16-19,21H,4-5H2/t7-,10?,11?,12?/m1/s1. The number of ether oxygens (including phenoxy) is 1. The minimum absolute atomic E-state index is 0.0544. The van der Waals surface area contributed by atoms with E-state index in [2.05, 4.69) is 0 Å². The molecule has 5 N–H and O–H groups in total. The molecule has 0 spiro atoms. The Morgan fingerprint density at radius 3 is 2.45 bits per heavy atom. The smallest absolute Gasteiger partial charge is 0.210 e. The molecule has 0 aromatic heterocycles. The highest BCUT2D eigenvalue weighted by atomic mass is 16.5. The van der Waals surface area contributed by atoms with Gasteiger partial charge in [0.15, 0.2) is 17.3 Å². The van der Waals surface area contributed by atoms with Gasteiger partial charge in [0.05, 0.1) is 18.1 Å². The minimum atomic E-state index is -1.09. The van der Waals surface area contributed by atoms with Crippen molar-refractivity contribution in [1.82, 2.24) is 0 Å². The fourth-order valence-corrected chi connectivity index (χ4v) is 3.00. The number of allylic oxidation sites excluding steroid dienone is 1. The first kappa shape index (κ1) is 14.7. The number of phenolic OH excluding ortho intramolecular Hbond substituents is 2. The number of benzene rings is 1. The molecule has 0 radical (unpaired) electrons. The first-order valence-electron chi connectivity index (χ1n) is 6.91. The van der Waals surface area contributed by atoms with Crippen molar-refractivity contribution in [1.29, 1.82) is 0 Å². The van der Waals surface area contributed by atoms with Gasteiger partial charge in [0.2, 0.25) is 11.5 Å². The first-order valence-corrected chi connectivity index (χ1v) is 6.91. The molecule has 0 amide bonds. The fraction of sp³-hybridized carbons (Fsp3) is 0.400. The molecule has 1 saturated carbocycles. The highest BCUT2D eigenvalue weighted by Gasteiger charge is 2.47. The summed E-state index contributed by atoms with van der Waals surface area (Å²) in [7, 11) is 0. The quantitative estimate of drug-likeness (QED) is 0.476. The van der Waals surface area contributed by atoms with Crippen molar-refractivity contribution >= 4 is 11.5 Å². The number of hydrogen-bond acceptors (Lipinski definition) is 7. The second kappa shape index (κ2) is 5.19. The lowest BCUT2D eigenvalue weighted by molar-refractivity contribution is -0.141. The molecule has 4 atom stereocenters. The van der Waals surface area contributed by atoms with Crippen molar-refractivity contribution in [3.05, 3.63) is 29.5 Å². The van der Waals surface area contributed by atoms with Gasteiger partial charge >= 0.3 is 0 Å². The van der Waals surface area contributed by atoms with E-state index in [1.54, 1.807) is 0 Å². The highest BCUT2D eigenvalue weighted by Crippen LogP contribution is 2.40. The molecular weight excluding hydrogens is 292 g/mol. The fourth-order valence-electron chi connectivity index (χ4n) is 3.00. The molecular formula is C15H16O7. The molecule has 0 bridgehead atoms. The first-order chi connectivity index (χ1) is 10.4. The van der Waals surface area contributed by atoms with E-state index in [1.807, 2.05) is 0 Å². The average Bonchev–Trinajstić information content (AvgIpc) is 2.45. The Kier molecular flexibility index (Phi) is 3.46. The molecule has 1 aromatic carbocycles. The van der Waals surface area contributed by atoms with Crippen LogP contribution < -0.4 is 0 Å². The average molecular weight is 308 g/mol. The molecule has 3 unspecified atom stereocenters. The summed E-state index contributed by atoms with van der Waals surface area (Å²) in [5, 5.41) is 48.5. The second-order valence-corrected chi connectivity index (χ2v) is 5.62. The van der Waals surface area contributed by atoms with Gasteiger partial charge in [-0.1, -0.05) is 0 Å². The number of Topliss-reactive ketones (excluding diaryl/α,β-unsaturated/α-hetero) is 1. The van der Waals surface area contributed by atoms with Crippen molar-refractivity contribution in [2.24, 2.45) is 5.92 Å². The molecule has 7 heteroatoms. The summed E-state index contributed by atoms with van der Waals surface area (Å²) in [5.41, 5.74) is 0.217. The number of hydrogen-bond donors (Lipinski definition) is 5. The second-order valence-electron chi connectivity index (χ2n) is 5.62. The molecule has 1 heterocycles. The monoisotopic (exact) mass is 308 g/mol. The Morgan fingerprint density at radius 1 is 1.05 bits per heavy atom. The van der Waals surface area contributed by atoms with Crippen LogP contribution in [0.1, 0.15) is 18.4 Å². The van der Waals surface area contributed by atoms with Crippen molar-refractivity contribution in [2.75, 3.05) is 0 Å². The zero-order chi connectivity index (χ0) is 16.0. The molecule has 118 valence electrons. The maximum atomic E-state index is 12.3. The number of rotatable bonds is 1. The van der Waals surface area contributed by atoms with Gasteiger partial charge in [0.1, 0.15) is 6.10 Å². The van der Waals surface area contributed by atoms with Gasteiger partial charge in [-0.25, -0.2) is 0 Å². The number of aliphatic hydroxyl groups is 3. The summed E-state index contributed by atoms with van der Waals surface area (Å²) in [5.74, 6) is -3.10. The van der Waals surface area contributed by atoms with Crippen LogP contribution in [0, 0.1) is 5.92 Å². The Bertz CT molecular complexity index is 651. The number of ketones is 1. The minimum Gasteiger partial charge on any atom is -0.504 e. The number of carbonyl (C=O) groups excluding carboxylic acids is 1. The SMILES string of the molecule is O=C1C(O)=C(c2ccc(O)c(O)c2)OC2C[C@H](O)CC(O)C12. The third kappa shape index (κ3) is 2.28. The summed E-state index contributed by atoms with van der Waals surface area (Å²) in [6, 6.07) is 3.74. The van der Waals surface area contributed by atoms with Gasteiger partial charge in [0, 0.05) is 18.4 Å². The summed E-state index contributed by atoms with van der Waals surface area (Å²) >= 11 is 0. The normalized spacial score (nSPS) is 31.6. The Balaban J connectivity index is 2.01. The van der Waals surface area contributed by atoms with E-state index in [1.165, 1.54) is 12.1 Å². The van der Waals surface area contributed by atoms with Crippen LogP contribution in [0.15, 0.2) is 24.0 Å². The van der Waals surface area contributed by atoms with E-state index in [-0.39, 0.29) is 29.9 Å². The molecule has 1 aromatic rings. The lowest BCUT2D eigenvalue weighted by atomic mass is 9.77. The third-order valence-corrected chi connectivity index (χ3v) is 4.09. The highest BCUT2D eigenvalue weighted by molar-refractivity contribution is 6.02. The van der Waals surface area contributed by atoms with Gasteiger partial charge in [-0.05, 0) is 18.2 Å². The Morgan fingerprint density at radius 2 is 1.77 bits per heavy atom. The Hall–Kier alpha value is -2.25. The van der Waals surface area contributed by atoms with Gasteiger partial charge in [-0.3, -0.25) is 4.79 Å². The van der Waals surface area contributed by atoms with Crippen LogP contribution in [-0.2, 0) is 9.53 Å². The molecule has 0 saturated heterocycles. The van der Waals surface area contributed by atoms with E-state index in [4.69, 9.17) is 4.74 Å². The summed E-state index contributed by atoms with van der Waals surface area (Å²) in [6.45, 7) is 0. The molecule has 1 aliphatic heterocycles. The van der Waals surface area contributed by atoms with Crippen LogP contribution in [0.3, 0.4) is 0 Å². The van der Waals surface area contributed by atoms with Crippen LogP contribution in [-0.4, -0.2) is 49.6 Å². The van der Waals surface area contributed by atoms with Gasteiger partial charge in [-0.2, -0.15) is 0 Å². The van der Waals surface area contributed by atoms with E-state index in [0.717, 1.165) is 6.07 Å². The number of aliphatic hydroxyl groups excluding tert-OH is 3. The van der Waals surface area contributed by atoms with E-state index >= 15 is 0 Å². The molecule has 3 rings (SSSR count). The lowest BCUT2D eigenvalue weighted by Crippen LogP contribution is -2.49. The molecule has 7 nitrogen and oxygen atoms in total. The lowest BCUT2D eigenvalue weighted by Gasteiger charge is -2.40. The maximum absolute atomic E-state index is 12.3. The molecule has 1 aliphatic carbocycles. The van der Waals surface area contributed by atoms with E-state index < -0.39 is 41.5 Å². The number of carbonyl (C=O) groups is 1. The van der Waals surface area contributed by atoms with E-state index in [0.29, 0.717) is 0 Å². The van der Waals surface area contributed by atoms with Crippen LogP contribution >= 0.6 is 0 Å². The summed E-state index contributed by atoms with van der Waals surface area (Å²) in [4.78, 5) is 12.3. The number of phenols is 2. The van der Waals surface area contributed by atoms with Crippen molar-refractivity contribution < 1.29 is 35.1 Å². The zero-order valence-corrected chi connectivity index (χ0v) is 11.5. The Labute approximate surface area is 125 Å². The van der Waals surface area contributed by atoms with Crippen LogP contribution in [0.4, 0.5) is 0 Å². The number of aromatic hydroxyl groups is 2. The zero-order valence-electron chi connectivity index (χ0n) is 11.5. The van der Waals surface area contributed by atoms with E-state index in [9.17, 15) is 30.3 Å². The van der Waals surface area contributed by atoms with Crippen LogP contribution in [0.5, 0.6) is 11.5 Å². The van der Waals surface area contributed by atoms with Gasteiger partial charge < -0.3 is 30.3 Å². The summed E-state index contributed by atoms with van der Waals surface area (Å²) in [6.07, 6.45) is -2.42. The van der Waals surface area contributed by atoms with Crippen LogP contribution in [0.2, 0.25) is 0 Å². The van der Waals surface area contributed by atoms with Crippen molar-refractivity contribution in [2.45, 2.75) is 31.2 Å². The van der Waals surface area contributed by atoms with Gasteiger partial charge in [-0.15, -0.1) is 0 Å². The van der Waals surface area contributed by atoms with Crippen LogP contribution in [0.25, 0.3) is 5.76 Å². The predicted molar refractivity (Wildman–Crippen MR) is 73.9 cm³/mol. The predicted octanol–water partition coefficient (Wildman–Crippen LogP) is 0.424. The van der Waals surface area contributed by atoms with Gasteiger partial charge in [0.25, 0.3) is 0 Å². The topological polar surface area (TPSA) is 127 Å². The summed E-state index contributed by atoms with van der Waals surface area (Å²) < 4.78 is 5.59. The maximum Gasteiger partial charge on any atom is 0.210 e. The largest absolute Gasteiger partial charge is 0.504 e. The molecule has 1 fully saturated rings. The molecule has 2 aliphatic rings. The third-order valence-electron chi connectivity index (χ3n) is 4.09. The van der Waals surface area contributed by atoms with Crippen molar-refractivity contribution in [3.63, 3.8) is 0 Å². The molecule has 22 heavy (non-hydrogen) atoms. The van der Waals surface area contributed by atoms with Crippen molar-refractivity contribution in [3.8, 4) is 11.5 Å².